The molecule has 4 rings (SSSR count). The van der Waals surface area contributed by atoms with Gasteiger partial charge in [0.15, 0.2) is 0 Å². The van der Waals surface area contributed by atoms with Gasteiger partial charge < -0.3 is 11.1 Å². The Kier molecular flexibility index (Phi) is 5.21. The van der Waals surface area contributed by atoms with E-state index in [1.54, 1.807) is 0 Å². The van der Waals surface area contributed by atoms with Gasteiger partial charge in [-0.2, -0.15) is 5.26 Å². The van der Waals surface area contributed by atoms with Gasteiger partial charge in [0, 0.05) is 28.1 Å². The van der Waals surface area contributed by atoms with E-state index in [0.29, 0.717) is 5.02 Å². The molecule has 0 bridgehead atoms. The highest BCUT2D eigenvalue weighted by Crippen LogP contribution is 2.63. The highest BCUT2D eigenvalue weighted by atomic mass is 35.5. The Morgan fingerprint density at radius 1 is 1.27 bits per heavy atom. The minimum atomic E-state index is -0.521. The number of benzene rings is 2. The number of nitrogens with two attached hydrogens (primary N) is 1. The summed E-state index contributed by atoms with van der Waals surface area (Å²) in [6, 6.07) is 16.8. The lowest BCUT2D eigenvalue weighted by atomic mass is 9.49. The van der Waals surface area contributed by atoms with Crippen LogP contribution in [0.3, 0.4) is 0 Å². The third-order valence-electron chi connectivity index (χ3n) is 7.87. The molecule has 5 atom stereocenters. The topological polar surface area (TPSA) is 61.8 Å². The van der Waals surface area contributed by atoms with Crippen LogP contribution >= 0.6 is 11.6 Å². The predicted molar refractivity (Wildman–Crippen MR) is 123 cm³/mol. The lowest BCUT2D eigenvalue weighted by Gasteiger charge is -2.56. The summed E-state index contributed by atoms with van der Waals surface area (Å²) >= 11 is 6.22. The van der Waals surface area contributed by atoms with Crippen LogP contribution in [0.1, 0.15) is 67.2 Å². The number of fused-ring (bicyclic) bond motifs is 1. The molecule has 0 amide bonds. The van der Waals surface area contributed by atoms with Crippen LogP contribution in [0.15, 0.2) is 54.7 Å². The third kappa shape index (κ3) is 2.82. The second-order valence-corrected chi connectivity index (χ2v) is 9.53. The molecule has 5 unspecified atom stereocenters. The largest absolute Gasteiger partial charge is 0.384 e. The van der Waals surface area contributed by atoms with Crippen molar-refractivity contribution in [2.75, 3.05) is 0 Å². The Balaban J connectivity index is 1.96. The first kappa shape index (κ1) is 21.0. The quantitative estimate of drug-likeness (QED) is 0.662. The maximum atomic E-state index is 9.88. The summed E-state index contributed by atoms with van der Waals surface area (Å²) in [7, 11) is 0. The summed E-state index contributed by atoms with van der Waals surface area (Å²) in [6.07, 6.45) is 2.87. The average molecular weight is 420 g/mol. The van der Waals surface area contributed by atoms with E-state index in [4.69, 9.17) is 17.3 Å². The van der Waals surface area contributed by atoms with Gasteiger partial charge in [-0.25, -0.2) is 0 Å². The van der Waals surface area contributed by atoms with Crippen LogP contribution in [0.5, 0.6) is 0 Å². The molecule has 1 heterocycles. The number of nitrogens with one attached hydrogen (secondary N) is 1. The van der Waals surface area contributed by atoms with Gasteiger partial charge in [-0.15, -0.1) is 0 Å². The number of nitriles is 1. The van der Waals surface area contributed by atoms with Gasteiger partial charge >= 0.3 is 0 Å². The highest BCUT2D eigenvalue weighted by molar-refractivity contribution is 6.30. The van der Waals surface area contributed by atoms with Crippen LogP contribution in [-0.4, -0.2) is 11.6 Å². The van der Waals surface area contributed by atoms with Crippen molar-refractivity contribution >= 4 is 11.6 Å². The van der Waals surface area contributed by atoms with Gasteiger partial charge in [-0.05, 0) is 73.9 Å². The van der Waals surface area contributed by atoms with Crippen molar-refractivity contribution in [2.45, 2.75) is 63.5 Å². The fourth-order valence-corrected chi connectivity index (χ4v) is 6.46. The van der Waals surface area contributed by atoms with Gasteiger partial charge in [0.1, 0.15) is 0 Å². The summed E-state index contributed by atoms with van der Waals surface area (Å²) in [5, 5.41) is 14.2. The monoisotopic (exact) mass is 419 g/mol. The molecule has 1 aliphatic carbocycles. The molecule has 1 saturated carbocycles. The summed E-state index contributed by atoms with van der Waals surface area (Å²) in [5.74, 6) is 0.196. The number of hydrogen-bond acceptors (Lipinski definition) is 3. The first-order valence-corrected chi connectivity index (χ1v) is 11.2. The third-order valence-corrected chi connectivity index (χ3v) is 8.13. The Labute approximate surface area is 184 Å². The Morgan fingerprint density at radius 3 is 2.60 bits per heavy atom. The minimum absolute atomic E-state index is 0.0417. The summed E-state index contributed by atoms with van der Waals surface area (Å²) in [5.41, 5.74) is 12.0. The molecular formula is C26H30ClN3. The van der Waals surface area contributed by atoms with E-state index in [2.05, 4.69) is 56.1 Å². The highest BCUT2D eigenvalue weighted by Gasteiger charge is 2.65. The molecule has 1 aliphatic heterocycles. The number of rotatable bonds is 3. The maximum absolute atomic E-state index is 9.88. The normalized spacial score (nSPS) is 32.9. The fraction of sp³-hybridized carbons (Fsp3) is 0.423. The second-order valence-electron chi connectivity index (χ2n) is 9.09. The SMILES string of the molecule is C=C1NC(C)C2(N)C(c3ccc(Cl)cc3)C(c3ccc(C)cc3C#N)CCC12CC. The standard InChI is InChI=1S/C26H30ClN3/c1-5-25-13-12-23(22-11-6-16(2)14-20(22)15-28)24(19-7-9-21(27)10-8-19)26(25,29)18(4)30-17(25)3/h6-11,14,18,23-24,30H,3,5,12-13,29H2,1-2,4H3. The lowest BCUT2D eigenvalue weighted by Crippen LogP contribution is -2.65. The first-order valence-electron chi connectivity index (χ1n) is 10.8. The van der Waals surface area contributed by atoms with Crippen LogP contribution < -0.4 is 11.1 Å². The van der Waals surface area contributed by atoms with Crippen molar-refractivity contribution in [2.24, 2.45) is 11.1 Å². The van der Waals surface area contributed by atoms with Crippen LogP contribution in [0, 0.1) is 23.7 Å². The molecule has 2 aromatic rings. The molecule has 30 heavy (non-hydrogen) atoms. The van der Waals surface area contributed by atoms with Gasteiger partial charge in [0.25, 0.3) is 0 Å². The number of hydrogen-bond donors (Lipinski definition) is 2. The molecule has 4 heteroatoms. The summed E-state index contributed by atoms with van der Waals surface area (Å²) in [6.45, 7) is 10.8. The fourth-order valence-electron chi connectivity index (χ4n) is 6.33. The molecule has 0 aromatic heterocycles. The van der Waals surface area contributed by atoms with E-state index in [1.807, 2.05) is 25.1 Å². The van der Waals surface area contributed by atoms with Crippen LogP contribution in [0.2, 0.25) is 5.02 Å². The summed E-state index contributed by atoms with van der Waals surface area (Å²) in [4.78, 5) is 0. The molecule has 3 nitrogen and oxygen atoms in total. The molecule has 0 spiro atoms. The van der Waals surface area contributed by atoms with Crippen LogP contribution in [0.4, 0.5) is 0 Å². The Hall–Kier alpha value is -2.28. The Morgan fingerprint density at radius 2 is 1.97 bits per heavy atom. The van der Waals surface area contributed by atoms with E-state index < -0.39 is 5.54 Å². The minimum Gasteiger partial charge on any atom is -0.384 e. The molecule has 156 valence electrons. The van der Waals surface area contributed by atoms with Gasteiger partial charge in [0.2, 0.25) is 0 Å². The van der Waals surface area contributed by atoms with Crippen molar-refractivity contribution in [3.8, 4) is 6.07 Å². The zero-order valence-electron chi connectivity index (χ0n) is 18.0. The molecule has 2 aliphatic rings. The van der Waals surface area contributed by atoms with Crippen molar-refractivity contribution in [1.82, 2.24) is 5.32 Å². The van der Waals surface area contributed by atoms with Gasteiger partial charge in [-0.1, -0.05) is 49.4 Å². The van der Waals surface area contributed by atoms with Crippen molar-refractivity contribution in [3.05, 3.63) is 82.0 Å². The van der Waals surface area contributed by atoms with Gasteiger partial charge in [0.05, 0.1) is 17.2 Å². The predicted octanol–water partition coefficient (Wildman–Crippen LogP) is 5.78. The van der Waals surface area contributed by atoms with E-state index in [0.717, 1.165) is 41.6 Å². The van der Waals surface area contributed by atoms with Crippen LogP contribution in [0.25, 0.3) is 0 Å². The lowest BCUT2D eigenvalue weighted by molar-refractivity contribution is 0.0713. The molecule has 0 radical (unpaired) electrons. The van der Waals surface area contributed by atoms with Gasteiger partial charge in [-0.3, -0.25) is 0 Å². The Bertz CT molecular complexity index is 1020. The number of nitrogens with zero attached hydrogens (tertiary/aromatic N) is 1. The first-order chi connectivity index (χ1) is 14.3. The average Bonchev–Trinajstić information content (AvgIpc) is 2.94. The van der Waals surface area contributed by atoms with Crippen molar-refractivity contribution in [1.29, 1.82) is 5.26 Å². The molecular weight excluding hydrogens is 390 g/mol. The number of aryl methyl sites for hydroxylation is 1. The second kappa shape index (κ2) is 7.45. The number of halogens is 1. The zero-order valence-corrected chi connectivity index (χ0v) is 18.8. The molecule has 2 fully saturated rings. The van der Waals surface area contributed by atoms with Crippen LogP contribution in [-0.2, 0) is 0 Å². The van der Waals surface area contributed by atoms with E-state index >= 15 is 0 Å². The zero-order chi connectivity index (χ0) is 21.7. The summed E-state index contributed by atoms with van der Waals surface area (Å²) < 4.78 is 0. The van der Waals surface area contributed by atoms with E-state index in [1.165, 1.54) is 5.56 Å². The van der Waals surface area contributed by atoms with Crippen molar-refractivity contribution in [3.63, 3.8) is 0 Å². The van der Waals surface area contributed by atoms with E-state index in [-0.39, 0.29) is 23.3 Å². The van der Waals surface area contributed by atoms with Crippen molar-refractivity contribution < 1.29 is 0 Å². The molecule has 3 N–H and O–H groups in total. The molecule has 1 saturated heterocycles. The smallest absolute Gasteiger partial charge is 0.0994 e. The molecule has 2 aromatic carbocycles. The van der Waals surface area contributed by atoms with E-state index in [9.17, 15) is 5.26 Å². The maximum Gasteiger partial charge on any atom is 0.0994 e.